The van der Waals surface area contributed by atoms with Crippen LogP contribution in [0, 0.1) is 0 Å². The zero-order chi connectivity index (χ0) is 27.3. The van der Waals surface area contributed by atoms with Crippen molar-refractivity contribution in [3.8, 4) is 0 Å². The van der Waals surface area contributed by atoms with Crippen molar-refractivity contribution in [2.24, 2.45) is 5.73 Å². The minimum atomic E-state index is -1.38. The van der Waals surface area contributed by atoms with Crippen LogP contribution in [0.15, 0.2) is 24.3 Å². The molecule has 0 aliphatic heterocycles. The number of benzene rings is 1. The molecule has 0 aliphatic carbocycles. The molecule has 0 aromatic heterocycles. The molecule has 1 aromatic rings. The third kappa shape index (κ3) is 10.6. The normalized spacial score (nSPS) is 12.8. The van der Waals surface area contributed by atoms with Crippen LogP contribution in [0.2, 0.25) is 0 Å². The second-order valence-corrected chi connectivity index (χ2v) is 9.62. The van der Waals surface area contributed by atoms with Gasteiger partial charge in [-0.1, -0.05) is 51.0 Å². The first-order chi connectivity index (χ1) is 16.9. The third-order valence-corrected chi connectivity index (χ3v) is 5.36. The van der Waals surface area contributed by atoms with Gasteiger partial charge in [0.1, 0.15) is 17.7 Å². The fourth-order valence-electron chi connectivity index (χ4n) is 3.62. The summed E-state index contributed by atoms with van der Waals surface area (Å²) in [4.78, 5) is 52.3. The number of aryl methyl sites for hydroxylation is 1. The van der Waals surface area contributed by atoms with Gasteiger partial charge >= 0.3 is 6.09 Å². The van der Waals surface area contributed by atoms with Gasteiger partial charge in [-0.05, 0) is 44.7 Å². The number of alkyl carbamates (subject to hydrolysis) is 1. The van der Waals surface area contributed by atoms with Crippen molar-refractivity contribution in [1.29, 1.82) is 0 Å². The van der Waals surface area contributed by atoms with Crippen molar-refractivity contribution in [3.05, 3.63) is 35.4 Å². The van der Waals surface area contributed by atoms with Gasteiger partial charge in [-0.15, -0.1) is 0 Å². The molecule has 0 radical (unpaired) electrons. The van der Waals surface area contributed by atoms with Crippen molar-refractivity contribution in [1.82, 2.24) is 15.5 Å². The second kappa shape index (κ2) is 15.1. The number of hydrogen-bond acceptors (Lipinski definition) is 6. The summed E-state index contributed by atoms with van der Waals surface area (Å²) in [7, 11) is 0. The first kappa shape index (κ1) is 30.9. The Morgan fingerprint density at radius 1 is 1.08 bits per heavy atom. The van der Waals surface area contributed by atoms with E-state index in [1.54, 1.807) is 32.9 Å². The number of nitrogens with zero attached hydrogens (tertiary/aromatic N) is 1. The summed E-state index contributed by atoms with van der Waals surface area (Å²) in [6.45, 7) is 8.83. The maximum absolute atomic E-state index is 13.6. The van der Waals surface area contributed by atoms with Gasteiger partial charge in [-0.25, -0.2) is 4.79 Å². The lowest BCUT2D eigenvalue weighted by Crippen LogP contribution is -2.54. The van der Waals surface area contributed by atoms with Crippen LogP contribution in [0.1, 0.15) is 77.5 Å². The molecule has 202 valence electrons. The molecule has 10 nitrogen and oxygen atoms in total. The Morgan fingerprint density at radius 3 is 2.22 bits per heavy atom. The monoisotopic (exact) mass is 506 g/mol. The van der Waals surface area contributed by atoms with Crippen molar-refractivity contribution in [2.45, 2.75) is 84.4 Å². The first-order valence-corrected chi connectivity index (χ1v) is 12.5. The summed E-state index contributed by atoms with van der Waals surface area (Å²) in [6.07, 6.45) is 2.10. The predicted octanol–water partition coefficient (Wildman–Crippen LogP) is 2.19. The summed E-state index contributed by atoms with van der Waals surface area (Å²) >= 11 is 0. The fourth-order valence-corrected chi connectivity index (χ4v) is 3.62. The summed E-state index contributed by atoms with van der Waals surface area (Å²) in [5, 5.41) is 15.0. The van der Waals surface area contributed by atoms with Gasteiger partial charge in [0, 0.05) is 13.1 Å². The molecular weight excluding hydrogens is 464 g/mol. The van der Waals surface area contributed by atoms with E-state index in [-0.39, 0.29) is 6.54 Å². The van der Waals surface area contributed by atoms with Crippen LogP contribution in [-0.2, 0) is 25.5 Å². The van der Waals surface area contributed by atoms with Gasteiger partial charge in [0.05, 0.1) is 13.0 Å². The number of unbranched alkanes of at least 4 members (excludes halogenated alkanes) is 2. The molecule has 0 aliphatic rings. The van der Waals surface area contributed by atoms with E-state index >= 15 is 0 Å². The zero-order valence-corrected chi connectivity index (χ0v) is 22.1. The van der Waals surface area contributed by atoms with Crippen LogP contribution >= 0.6 is 0 Å². The quantitative estimate of drug-likeness (QED) is 0.284. The molecule has 0 spiro atoms. The fraction of sp³-hybridized carbons (Fsp3) is 0.615. The Balaban J connectivity index is 3.37. The standard InChI is InChI=1S/C26H42N4O6/c1-6-8-9-14-28-23(33)22(19-12-10-18(7-2)11-13-19)30(15-16-31)24(34)20(17-21(27)32)29-25(35)36-26(3,4)5/h10-13,20,22,31H,6-9,14-17H2,1-5H3,(H2,27,32)(H,28,33)(H,29,35). The number of aliphatic hydroxyl groups excluding tert-OH is 1. The predicted molar refractivity (Wildman–Crippen MR) is 137 cm³/mol. The van der Waals surface area contributed by atoms with Crippen molar-refractivity contribution in [3.63, 3.8) is 0 Å². The molecule has 10 heteroatoms. The van der Waals surface area contributed by atoms with Crippen molar-refractivity contribution in [2.75, 3.05) is 19.7 Å². The smallest absolute Gasteiger partial charge is 0.408 e. The molecule has 2 atom stereocenters. The van der Waals surface area contributed by atoms with Crippen LogP contribution in [0.3, 0.4) is 0 Å². The molecule has 0 bridgehead atoms. The highest BCUT2D eigenvalue weighted by atomic mass is 16.6. The molecule has 1 rings (SSSR count). The minimum absolute atomic E-state index is 0.202. The molecule has 0 saturated carbocycles. The number of amides is 4. The van der Waals surface area contributed by atoms with Gasteiger partial charge in [0.25, 0.3) is 0 Å². The maximum atomic E-state index is 13.6. The van der Waals surface area contributed by atoms with E-state index in [4.69, 9.17) is 10.5 Å². The van der Waals surface area contributed by atoms with Crippen LogP contribution in [0.5, 0.6) is 0 Å². The SMILES string of the molecule is CCCCCNC(=O)C(c1ccc(CC)cc1)N(CCO)C(=O)C(CC(N)=O)NC(=O)OC(C)(C)C. The summed E-state index contributed by atoms with van der Waals surface area (Å²) in [6, 6.07) is 4.79. The molecule has 5 N–H and O–H groups in total. The van der Waals surface area contributed by atoms with Gasteiger partial charge in [-0.2, -0.15) is 0 Å². The maximum Gasteiger partial charge on any atom is 0.408 e. The Bertz CT molecular complexity index is 866. The average Bonchev–Trinajstić information content (AvgIpc) is 2.79. The number of aliphatic hydroxyl groups is 1. The van der Waals surface area contributed by atoms with E-state index < -0.39 is 54.5 Å². The van der Waals surface area contributed by atoms with E-state index in [9.17, 15) is 24.3 Å². The number of nitrogens with two attached hydrogens (primary N) is 1. The summed E-state index contributed by atoms with van der Waals surface area (Å²) < 4.78 is 5.23. The van der Waals surface area contributed by atoms with E-state index in [1.165, 1.54) is 4.90 Å². The van der Waals surface area contributed by atoms with Crippen molar-refractivity contribution < 1.29 is 29.0 Å². The average molecular weight is 507 g/mol. The highest BCUT2D eigenvalue weighted by Gasteiger charge is 2.36. The largest absolute Gasteiger partial charge is 0.444 e. The van der Waals surface area contributed by atoms with E-state index in [2.05, 4.69) is 17.6 Å². The number of ether oxygens (including phenoxy) is 1. The third-order valence-electron chi connectivity index (χ3n) is 5.36. The van der Waals surface area contributed by atoms with Crippen molar-refractivity contribution >= 4 is 23.8 Å². The summed E-state index contributed by atoms with van der Waals surface area (Å²) in [5.41, 5.74) is 6.11. The van der Waals surface area contributed by atoms with Crippen LogP contribution in [0.4, 0.5) is 4.79 Å². The highest BCUT2D eigenvalue weighted by molar-refractivity contribution is 5.94. The molecule has 0 fully saturated rings. The zero-order valence-electron chi connectivity index (χ0n) is 22.1. The number of nitrogens with one attached hydrogen (secondary N) is 2. The van der Waals surface area contributed by atoms with Crippen LogP contribution in [0.25, 0.3) is 0 Å². The Labute approximate surface area is 213 Å². The number of primary amides is 1. The Kier molecular flexibility index (Phi) is 12.9. The molecular formula is C26H42N4O6. The van der Waals surface area contributed by atoms with E-state index in [0.29, 0.717) is 12.1 Å². The Morgan fingerprint density at radius 2 is 1.72 bits per heavy atom. The number of hydrogen-bond donors (Lipinski definition) is 4. The van der Waals surface area contributed by atoms with Crippen LogP contribution < -0.4 is 16.4 Å². The van der Waals surface area contributed by atoms with Crippen LogP contribution in [-0.4, -0.2) is 65.2 Å². The molecule has 2 unspecified atom stereocenters. The van der Waals surface area contributed by atoms with E-state index in [1.807, 2.05) is 19.1 Å². The number of carbonyl (C=O) groups excluding carboxylic acids is 4. The molecule has 36 heavy (non-hydrogen) atoms. The van der Waals surface area contributed by atoms with Gasteiger partial charge in [-0.3, -0.25) is 14.4 Å². The molecule has 1 aromatic carbocycles. The van der Waals surface area contributed by atoms with Gasteiger partial charge in [0.2, 0.25) is 17.7 Å². The second-order valence-electron chi connectivity index (χ2n) is 9.62. The van der Waals surface area contributed by atoms with Gasteiger partial charge < -0.3 is 31.1 Å². The molecule has 4 amide bonds. The number of rotatable bonds is 14. The highest BCUT2D eigenvalue weighted by Crippen LogP contribution is 2.24. The first-order valence-electron chi connectivity index (χ1n) is 12.5. The topological polar surface area (TPSA) is 151 Å². The lowest BCUT2D eigenvalue weighted by atomic mass is 10.00. The molecule has 0 saturated heterocycles. The summed E-state index contributed by atoms with van der Waals surface area (Å²) in [5.74, 6) is -1.98. The number of carbonyl (C=O) groups is 4. The Hall–Kier alpha value is -3.14. The van der Waals surface area contributed by atoms with E-state index in [0.717, 1.165) is 31.2 Å². The lowest BCUT2D eigenvalue weighted by molar-refractivity contribution is -0.143. The van der Waals surface area contributed by atoms with Gasteiger partial charge in [0.15, 0.2) is 0 Å². The lowest BCUT2D eigenvalue weighted by Gasteiger charge is -2.34. The minimum Gasteiger partial charge on any atom is -0.444 e. The molecule has 0 heterocycles.